The molecule has 4 heterocycles. The highest BCUT2D eigenvalue weighted by Gasteiger charge is 2.54. The van der Waals surface area contributed by atoms with Crippen molar-refractivity contribution in [1.82, 2.24) is 30.2 Å². The maximum atomic E-state index is 13.1. The highest BCUT2D eigenvalue weighted by Crippen LogP contribution is 2.42. The van der Waals surface area contributed by atoms with Crippen LogP contribution in [0.3, 0.4) is 0 Å². The average molecular weight is 583 g/mol. The molecule has 0 radical (unpaired) electrons. The molecule has 0 spiro atoms. The second kappa shape index (κ2) is 9.87. The van der Waals surface area contributed by atoms with Gasteiger partial charge in [0.25, 0.3) is 5.91 Å². The van der Waals surface area contributed by atoms with Gasteiger partial charge in [0.2, 0.25) is 5.91 Å². The lowest BCUT2D eigenvalue weighted by Gasteiger charge is -2.49. The van der Waals surface area contributed by atoms with E-state index in [1.807, 2.05) is 0 Å². The first-order valence-electron chi connectivity index (χ1n) is 10.3. The minimum atomic E-state index is -4.79. The average Bonchev–Trinajstić information content (AvgIpc) is 3.36. The van der Waals surface area contributed by atoms with Crippen LogP contribution in [-0.4, -0.2) is 70.7 Å². The number of halogens is 4. The topological polar surface area (TPSA) is 130 Å². The molecule has 2 N–H and O–H groups in total. The van der Waals surface area contributed by atoms with Crippen LogP contribution < -0.4 is 5.32 Å². The summed E-state index contributed by atoms with van der Waals surface area (Å²) >= 11 is 9.74. The summed E-state index contributed by atoms with van der Waals surface area (Å²) in [6, 6.07) is -2.24. The SMILES string of the molecule is Cc1nnc(SCC2=C(C(=O)O)N3C(=O)C(NC(=O)C(C)n4nc(C(F)(F)F)c(Cl)c4C)C3SC2)s1. The number of carbonyl (C=O) groups is 3. The van der Waals surface area contributed by atoms with Gasteiger partial charge in [0.05, 0.1) is 10.7 Å². The zero-order valence-electron chi connectivity index (χ0n) is 18.8. The third-order valence-electron chi connectivity index (χ3n) is 5.52. The minimum Gasteiger partial charge on any atom is -0.477 e. The summed E-state index contributed by atoms with van der Waals surface area (Å²) < 4.78 is 40.9. The summed E-state index contributed by atoms with van der Waals surface area (Å²) in [4.78, 5) is 38.8. The molecular formula is C19H18ClF3N6O4S3. The van der Waals surface area contributed by atoms with E-state index < -0.39 is 52.1 Å². The second-order valence-corrected chi connectivity index (χ2v) is 11.8. The van der Waals surface area contributed by atoms with Crippen LogP contribution in [0, 0.1) is 13.8 Å². The van der Waals surface area contributed by atoms with Crippen molar-refractivity contribution < 1.29 is 32.7 Å². The predicted octanol–water partition coefficient (Wildman–Crippen LogP) is 3.12. The standard InChI is InChI=1S/C19H18ClF3N6O4S3/c1-6-10(20)13(19(21,22)23)27-29(6)7(2)14(30)24-11-15(31)28-12(17(32)33)9(4-34-16(11)28)5-35-18-26-25-8(3)36-18/h7,11,16H,4-5H2,1-3H3,(H,24,30)(H,32,33). The number of carbonyl (C=O) groups excluding carboxylic acids is 2. The number of thioether (sulfide) groups is 2. The zero-order valence-corrected chi connectivity index (χ0v) is 22.0. The van der Waals surface area contributed by atoms with Crippen LogP contribution in [-0.2, 0) is 20.6 Å². The van der Waals surface area contributed by atoms with Gasteiger partial charge >= 0.3 is 12.1 Å². The van der Waals surface area contributed by atoms with Gasteiger partial charge in [0.15, 0.2) is 10.0 Å². The first kappa shape index (κ1) is 26.8. The van der Waals surface area contributed by atoms with E-state index in [0.29, 0.717) is 21.4 Å². The molecule has 4 rings (SSSR count). The van der Waals surface area contributed by atoms with E-state index in [9.17, 15) is 32.7 Å². The van der Waals surface area contributed by atoms with Gasteiger partial charge in [0.1, 0.15) is 28.2 Å². The van der Waals surface area contributed by atoms with Gasteiger partial charge in [-0.05, 0) is 26.3 Å². The monoisotopic (exact) mass is 582 g/mol. The number of β-lactam (4-membered cyclic amide) rings is 1. The van der Waals surface area contributed by atoms with Gasteiger partial charge in [-0.25, -0.2) is 4.79 Å². The van der Waals surface area contributed by atoms with E-state index in [0.717, 1.165) is 14.6 Å². The van der Waals surface area contributed by atoms with Gasteiger partial charge in [-0.3, -0.25) is 19.2 Å². The van der Waals surface area contributed by atoms with Crippen LogP contribution in [0.25, 0.3) is 0 Å². The number of hydrogen-bond donors (Lipinski definition) is 2. The zero-order chi connectivity index (χ0) is 26.5. The Morgan fingerprint density at radius 2 is 2.03 bits per heavy atom. The van der Waals surface area contributed by atoms with Crippen molar-refractivity contribution >= 4 is 64.2 Å². The van der Waals surface area contributed by atoms with Crippen LogP contribution in [0.15, 0.2) is 15.6 Å². The lowest BCUT2D eigenvalue weighted by atomic mass is 10.0. The lowest BCUT2D eigenvalue weighted by molar-refractivity contribution is -0.151. The second-order valence-electron chi connectivity index (χ2n) is 7.90. The summed E-state index contributed by atoms with van der Waals surface area (Å²) in [6.45, 7) is 4.43. The van der Waals surface area contributed by atoms with Crippen LogP contribution in [0.1, 0.15) is 29.4 Å². The molecule has 0 aliphatic carbocycles. The molecule has 0 bridgehead atoms. The molecule has 1 saturated heterocycles. The Kier molecular flexibility index (Phi) is 7.34. The van der Waals surface area contributed by atoms with E-state index in [2.05, 4.69) is 20.6 Å². The highest BCUT2D eigenvalue weighted by molar-refractivity contribution is 8.01. The number of aromatic nitrogens is 4. The molecule has 2 aliphatic rings. The summed E-state index contributed by atoms with van der Waals surface area (Å²) in [5.41, 5.74) is -0.959. The third-order valence-corrected chi connectivity index (χ3v) is 9.37. The molecule has 194 valence electrons. The molecule has 3 unspecified atom stereocenters. The number of carboxylic acid groups (broad SMARTS) is 1. The van der Waals surface area contributed by atoms with Crippen molar-refractivity contribution in [3.8, 4) is 0 Å². The van der Waals surface area contributed by atoms with Gasteiger partial charge < -0.3 is 10.4 Å². The van der Waals surface area contributed by atoms with E-state index in [1.54, 1.807) is 6.92 Å². The Morgan fingerprint density at radius 3 is 2.58 bits per heavy atom. The van der Waals surface area contributed by atoms with E-state index in [1.165, 1.54) is 48.7 Å². The molecular weight excluding hydrogens is 565 g/mol. The van der Waals surface area contributed by atoms with Gasteiger partial charge in [-0.15, -0.1) is 22.0 Å². The van der Waals surface area contributed by atoms with E-state index in [4.69, 9.17) is 11.6 Å². The summed E-state index contributed by atoms with van der Waals surface area (Å²) in [6.07, 6.45) is -4.79. The third kappa shape index (κ3) is 4.82. The number of nitrogens with zero attached hydrogens (tertiary/aromatic N) is 5. The van der Waals surface area contributed by atoms with Gasteiger partial charge in [-0.1, -0.05) is 34.7 Å². The van der Waals surface area contributed by atoms with Crippen molar-refractivity contribution in [2.75, 3.05) is 11.5 Å². The maximum absolute atomic E-state index is 13.1. The van der Waals surface area contributed by atoms with Crippen LogP contribution in [0.4, 0.5) is 13.2 Å². The summed E-state index contributed by atoms with van der Waals surface area (Å²) in [5, 5.41) is 23.2. The number of fused-ring (bicyclic) bond motifs is 1. The Bertz CT molecular complexity index is 1280. The van der Waals surface area contributed by atoms with Crippen molar-refractivity contribution in [2.24, 2.45) is 0 Å². The van der Waals surface area contributed by atoms with Crippen LogP contribution in [0.5, 0.6) is 0 Å². The van der Waals surface area contributed by atoms with Gasteiger partial charge in [-0.2, -0.15) is 18.3 Å². The van der Waals surface area contributed by atoms with E-state index in [-0.39, 0.29) is 11.4 Å². The Morgan fingerprint density at radius 1 is 1.33 bits per heavy atom. The molecule has 2 aromatic rings. The lowest BCUT2D eigenvalue weighted by Crippen LogP contribution is -2.71. The highest BCUT2D eigenvalue weighted by atomic mass is 35.5. The fourth-order valence-electron chi connectivity index (χ4n) is 3.72. The first-order valence-corrected chi connectivity index (χ1v) is 13.5. The number of carboxylic acids is 1. The molecule has 1 fully saturated rings. The molecule has 0 aromatic carbocycles. The number of amides is 2. The molecule has 0 saturated carbocycles. The van der Waals surface area contributed by atoms with Crippen LogP contribution >= 0.6 is 46.5 Å². The van der Waals surface area contributed by atoms with Crippen molar-refractivity contribution in [2.45, 2.75) is 48.7 Å². The number of nitrogens with one attached hydrogen (secondary N) is 1. The number of aliphatic carboxylic acids is 1. The van der Waals surface area contributed by atoms with E-state index >= 15 is 0 Å². The minimum absolute atomic E-state index is 0.0518. The summed E-state index contributed by atoms with van der Waals surface area (Å²) in [7, 11) is 0. The molecule has 3 atom stereocenters. The number of hydrogen-bond acceptors (Lipinski definition) is 9. The Labute approximate surface area is 219 Å². The Balaban J connectivity index is 1.47. The maximum Gasteiger partial charge on any atom is 0.436 e. The molecule has 17 heteroatoms. The van der Waals surface area contributed by atoms with Gasteiger partial charge in [0, 0.05) is 11.5 Å². The largest absolute Gasteiger partial charge is 0.477 e. The molecule has 36 heavy (non-hydrogen) atoms. The van der Waals surface area contributed by atoms with Crippen molar-refractivity contribution in [3.05, 3.63) is 32.7 Å². The van der Waals surface area contributed by atoms with Crippen LogP contribution in [0.2, 0.25) is 5.02 Å². The molecule has 2 amide bonds. The number of rotatable bonds is 7. The van der Waals surface area contributed by atoms with Crippen molar-refractivity contribution in [1.29, 1.82) is 0 Å². The fourth-order valence-corrected chi connectivity index (χ4v) is 7.25. The normalized spacial score (nSPS) is 20.8. The Hall–Kier alpha value is -2.30. The van der Waals surface area contributed by atoms with Crippen molar-refractivity contribution in [3.63, 3.8) is 0 Å². The quantitative estimate of drug-likeness (QED) is 0.373. The smallest absolute Gasteiger partial charge is 0.436 e. The summed E-state index contributed by atoms with van der Waals surface area (Å²) in [5.74, 6) is -2.03. The molecule has 2 aliphatic heterocycles. The number of aryl methyl sites for hydroxylation is 1. The number of alkyl halides is 3. The molecule has 2 aromatic heterocycles. The molecule has 10 nitrogen and oxygen atoms in total. The predicted molar refractivity (Wildman–Crippen MR) is 127 cm³/mol. The first-order chi connectivity index (χ1) is 16.8. The fraction of sp³-hybridized carbons (Fsp3) is 0.474.